The fourth-order valence-corrected chi connectivity index (χ4v) is 3.80. The van der Waals surface area contributed by atoms with Crippen molar-refractivity contribution in [2.75, 3.05) is 11.9 Å². The van der Waals surface area contributed by atoms with Crippen LogP contribution in [0.25, 0.3) is 0 Å². The van der Waals surface area contributed by atoms with Crippen molar-refractivity contribution < 1.29 is 19.1 Å². The van der Waals surface area contributed by atoms with Crippen LogP contribution in [0.3, 0.4) is 0 Å². The van der Waals surface area contributed by atoms with E-state index in [-0.39, 0.29) is 12.5 Å². The summed E-state index contributed by atoms with van der Waals surface area (Å²) in [6.07, 6.45) is 6.63. The summed E-state index contributed by atoms with van der Waals surface area (Å²) in [5, 5.41) is 5.48. The Hall–Kier alpha value is -3.36. The van der Waals surface area contributed by atoms with Crippen LogP contribution in [0.1, 0.15) is 31.5 Å². The predicted octanol–water partition coefficient (Wildman–Crippen LogP) is 1.80. The Bertz CT molecular complexity index is 931. The molecule has 1 aromatic heterocycles. The molecule has 9 heteroatoms. The maximum Gasteiger partial charge on any atom is 0.325 e. The van der Waals surface area contributed by atoms with Crippen LogP contribution in [-0.4, -0.2) is 44.4 Å². The number of anilines is 1. The van der Waals surface area contributed by atoms with Crippen LogP contribution in [0.2, 0.25) is 0 Å². The lowest BCUT2D eigenvalue weighted by molar-refractivity contribution is -0.133. The second-order valence-electron chi connectivity index (χ2n) is 7.43. The Morgan fingerprint density at radius 3 is 2.62 bits per heavy atom. The molecule has 2 fully saturated rings. The highest BCUT2D eigenvalue weighted by Gasteiger charge is 2.52. The molecular weight excluding hydrogens is 374 g/mol. The van der Waals surface area contributed by atoms with Gasteiger partial charge in [-0.15, -0.1) is 0 Å². The largest absolute Gasteiger partial charge is 0.486 e. The first-order chi connectivity index (χ1) is 14.0. The number of nitrogens with zero attached hydrogens (tertiary/aromatic N) is 3. The third-order valence-corrected chi connectivity index (χ3v) is 5.43. The van der Waals surface area contributed by atoms with Crippen molar-refractivity contribution in [1.82, 2.24) is 19.8 Å². The molecule has 152 valence electrons. The van der Waals surface area contributed by atoms with Crippen molar-refractivity contribution in [3.63, 3.8) is 0 Å². The molecule has 1 spiro atoms. The second kappa shape index (κ2) is 7.57. The van der Waals surface area contributed by atoms with E-state index in [0.29, 0.717) is 30.9 Å². The topological polar surface area (TPSA) is 106 Å². The van der Waals surface area contributed by atoms with E-state index in [0.717, 1.165) is 23.6 Å². The van der Waals surface area contributed by atoms with Gasteiger partial charge in [0.05, 0.1) is 0 Å². The number of rotatable bonds is 6. The molecule has 9 nitrogen and oxygen atoms in total. The number of aryl methyl sites for hydroxylation is 1. The lowest BCUT2D eigenvalue weighted by atomic mass is 9.98. The van der Waals surface area contributed by atoms with E-state index < -0.39 is 17.5 Å². The van der Waals surface area contributed by atoms with Crippen molar-refractivity contribution in [1.29, 1.82) is 0 Å². The average Bonchev–Trinajstić information content (AvgIpc) is 3.39. The molecule has 4 rings (SSSR count). The van der Waals surface area contributed by atoms with Gasteiger partial charge in [-0.3, -0.25) is 14.5 Å². The van der Waals surface area contributed by atoms with Crippen LogP contribution in [-0.2, 0) is 23.2 Å². The van der Waals surface area contributed by atoms with E-state index in [4.69, 9.17) is 4.74 Å². The van der Waals surface area contributed by atoms with Crippen molar-refractivity contribution in [2.24, 2.45) is 7.05 Å². The first-order valence-corrected chi connectivity index (χ1v) is 9.60. The summed E-state index contributed by atoms with van der Waals surface area (Å²) in [6, 6.07) is 6.39. The molecule has 0 atom stereocenters. The number of ether oxygens (including phenoxy) is 1. The molecule has 2 heterocycles. The Labute approximate surface area is 168 Å². The van der Waals surface area contributed by atoms with Gasteiger partial charge in [-0.05, 0) is 37.1 Å². The Balaban J connectivity index is 1.31. The molecule has 0 bridgehead atoms. The van der Waals surface area contributed by atoms with Crippen LogP contribution in [0.4, 0.5) is 10.5 Å². The number of hydrogen-bond acceptors (Lipinski definition) is 5. The number of hydrogen-bond donors (Lipinski definition) is 2. The van der Waals surface area contributed by atoms with E-state index in [1.54, 1.807) is 30.5 Å². The molecule has 29 heavy (non-hydrogen) atoms. The molecule has 1 saturated heterocycles. The molecule has 0 unspecified atom stereocenters. The van der Waals surface area contributed by atoms with E-state index in [1.165, 1.54) is 0 Å². The third kappa shape index (κ3) is 3.80. The van der Waals surface area contributed by atoms with Gasteiger partial charge in [-0.2, -0.15) is 0 Å². The van der Waals surface area contributed by atoms with Gasteiger partial charge in [0.25, 0.3) is 5.91 Å². The minimum absolute atomic E-state index is 0.298. The van der Waals surface area contributed by atoms with E-state index in [9.17, 15) is 14.4 Å². The Kier molecular flexibility index (Phi) is 4.96. The number of imide groups is 1. The SMILES string of the molecule is Cn1ccnc1COc1ccc(NC(=O)CN2C(=O)NC3(CCCC3)C2=O)cc1. The number of benzene rings is 1. The number of imidazole rings is 1. The maximum atomic E-state index is 12.6. The molecule has 2 N–H and O–H groups in total. The number of nitrogens with one attached hydrogen (secondary N) is 2. The van der Waals surface area contributed by atoms with E-state index in [2.05, 4.69) is 15.6 Å². The molecule has 1 aromatic carbocycles. The fraction of sp³-hybridized carbons (Fsp3) is 0.400. The van der Waals surface area contributed by atoms with Crippen molar-refractivity contribution in [2.45, 2.75) is 37.8 Å². The van der Waals surface area contributed by atoms with Crippen molar-refractivity contribution in [3.05, 3.63) is 42.5 Å². The van der Waals surface area contributed by atoms with Crippen LogP contribution >= 0.6 is 0 Å². The van der Waals surface area contributed by atoms with Gasteiger partial charge >= 0.3 is 6.03 Å². The van der Waals surface area contributed by atoms with Crippen molar-refractivity contribution in [3.8, 4) is 5.75 Å². The maximum absolute atomic E-state index is 12.6. The highest BCUT2D eigenvalue weighted by atomic mass is 16.5. The first kappa shape index (κ1) is 19.0. The zero-order valence-corrected chi connectivity index (χ0v) is 16.2. The zero-order valence-electron chi connectivity index (χ0n) is 16.2. The Morgan fingerprint density at radius 1 is 1.24 bits per heavy atom. The number of carbonyl (C=O) groups excluding carboxylic acids is 3. The Morgan fingerprint density at radius 2 is 1.97 bits per heavy atom. The molecule has 1 aliphatic heterocycles. The van der Waals surface area contributed by atoms with Crippen LogP contribution < -0.4 is 15.4 Å². The van der Waals surface area contributed by atoms with E-state index >= 15 is 0 Å². The molecule has 1 saturated carbocycles. The number of amides is 4. The summed E-state index contributed by atoms with van der Waals surface area (Å²) in [6.45, 7) is 0.0347. The third-order valence-electron chi connectivity index (χ3n) is 5.43. The number of urea groups is 1. The van der Waals surface area contributed by atoms with Crippen LogP contribution in [0.15, 0.2) is 36.7 Å². The highest BCUT2D eigenvalue weighted by molar-refractivity contribution is 6.10. The molecule has 0 radical (unpaired) electrons. The lowest BCUT2D eigenvalue weighted by Crippen LogP contribution is -2.44. The van der Waals surface area contributed by atoms with E-state index in [1.807, 2.05) is 17.8 Å². The quantitative estimate of drug-likeness (QED) is 0.723. The van der Waals surface area contributed by atoms with Gasteiger partial charge in [0.1, 0.15) is 30.3 Å². The average molecular weight is 397 g/mol. The van der Waals surface area contributed by atoms with Gasteiger partial charge < -0.3 is 19.9 Å². The minimum atomic E-state index is -0.802. The van der Waals surface area contributed by atoms with Crippen molar-refractivity contribution >= 4 is 23.5 Å². The number of carbonyl (C=O) groups is 3. The van der Waals surface area contributed by atoms with Gasteiger partial charge in [0.2, 0.25) is 5.91 Å². The first-order valence-electron chi connectivity index (χ1n) is 9.60. The summed E-state index contributed by atoms with van der Waals surface area (Å²) in [5.41, 5.74) is -0.245. The van der Waals surface area contributed by atoms with Gasteiger partial charge in [0, 0.05) is 25.1 Å². The summed E-state index contributed by atoms with van der Waals surface area (Å²) in [5.74, 6) is 0.720. The summed E-state index contributed by atoms with van der Waals surface area (Å²) in [4.78, 5) is 42.3. The smallest absolute Gasteiger partial charge is 0.325 e. The normalized spacial score (nSPS) is 17.6. The summed E-state index contributed by atoms with van der Waals surface area (Å²) in [7, 11) is 1.89. The fourth-order valence-electron chi connectivity index (χ4n) is 3.80. The van der Waals surface area contributed by atoms with Gasteiger partial charge in [-0.25, -0.2) is 9.78 Å². The molecule has 2 aromatic rings. The summed E-state index contributed by atoms with van der Waals surface area (Å²) >= 11 is 0. The zero-order chi connectivity index (χ0) is 20.4. The molecule has 1 aliphatic carbocycles. The predicted molar refractivity (Wildman–Crippen MR) is 104 cm³/mol. The molecular formula is C20H23N5O4. The second-order valence-corrected chi connectivity index (χ2v) is 7.43. The minimum Gasteiger partial charge on any atom is -0.486 e. The van der Waals surface area contributed by atoms with Gasteiger partial charge in [-0.1, -0.05) is 12.8 Å². The molecule has 4 amide bonds. The standard InChI is InChI=1S/C20H23N5O4/c1-24-11-10-21-16(24)13-29-15-6-4-14(5-7-15)22-17(26)12-25-18(27)20(23-19(25)28)8-2-3-9-20/h4-7,10-11H,2-3,8-9,12-13H2,1H3,(H,22,26)(H,23,28). The highest BCUT2D eigenvalue weighted by Crippen LogP contribution is 2.34. The molecule has 2 aliphatic rings. The van der Waals surface area contributed by atoms with Gasteiger partial charge in [0.15, 0.2) is 0 Å². The monoisotopic (exact) mass is 397 g/mol. The number of aromatic nitrogens is 2. The lowest BCUT2D eigenvalue weighted by Gasteiger charge is -2.19. The summed E-state index contributed by atoms with van der Waals surface area (Å²) < 4.78 is 7.55. The van der Waals surface area contributed by atoms with Crippen LogP contribution in [0, 0.1) is 0 Å². The van der Waals surface area contributed by atoms with Crippen LogP contribution in [0.5, 0.6) is 5.75 Å².